The van der Waals surface area contributed by atoms with Crippen molar-refractivity contribution >= 4 is 11.8 Å². The van der Waals surface area contributed by atoms with Gasteiger partial charge >= 0.3 is 5.82 Å². The molecule has 10 heavy (non-hydrogen) atoms. The smallest absolute Gasteiger partial charge is 0.311 e. The van der Waals surface area contributed by atoms with Crippen molar-refractivity contribution in [2.45, 2.75) is 5.75 Å². The first-order valence-corrected chi connectivity index (χ1v) is 4.26. The molecule has 0 aromatic carbocycles. The van der Waals surface area contributed by atoms with E-state index in [1.54, 1.807) is 24.0 Å². The van der Waals surface area contributed by atoms with Crippen LogP contribution in [0, 0.1) is 5.21 Å². The van der Waals surface area contributed by atoms with E-state index in [0.29, 0.717) is 11.6 Å². The molecule has 0 N–H and O–H groups in total. The molecule has 0 saturated carbocycles. The fraction of sp³-hybridized carbons (Fsp3) is 0.333. The minimum absolute atomic E-state index is 0.565. The van der Waals surface area contributed by atoms with Crippen LogP contribution in [0.4, 0.5) is 0 Å². The van der Waals surface area contributed by atoms with Crippen molar-refractivity contribution in [3.05, 3.63) is 29.5 Å². The summed E-state index contributed by atoms with van der Waals surface area (Å²) in [7, 11) is 0. The Morgan fingerprint density at radius 2 is 2.60 bits per heavy atom. The van der Waals surface area contributed by atoms with Crippen LogP contribution in [-0.2, 0) is 5.75 Å². The minimum atomic E-state index is 0.565. The van der Waals surface area contributed by atoms with Crippen molar-refractivity contribution < 1.29 is 4.73 Å². The molecule has 0 aliphatic rings. The van der Waals surface area contributed by atoms with Gasteiger partial charge in [0.05, 0.1) is 11.9 Å². The SMILES string of the molecule is CSCc1nccc[n+]1[O-]. The highest BCUT2D eigenvalue weighted by molar-refractivity contribution is 7.97. The third kappa shape index (κ3) is 1.60. The number of nitrogens with zero attached hydrogens (tertiary/aromatic N) is 2. The molecular formula is C6H8N2OS. The molecule has 0 radical (unpaired) electrons. The molecule has 4 heteroatoms. The predicted molar refractivity (Wildman–Crippen MR) is 40.4 cm³/mol. The molecule has 0 saturated heterocycles. The number of hydrogen-bond acceptors (Lipinski definition) is 3. The quantitative estimate of drug-likeness (QED) is 0.464. The van der Waals surface area contributed by atoms with Crippen LogP contribution in [0.25, 0.3) is 0 Å². The van der Waals surface area contributed by atoms with Gasteiger partial charge in [0.1, 0.15) is 6.20 Å². The zero-order valence-electron chi connectivity index (χ0n) is 5.65. The Kier molecular flexibility index (Phi) is 2.50. The van der Waals surface area contributed by atoms with Crippen molar-refractivity contribution in [2.75, 3.05) is 6.26 Å². The third-order valence-corrected chi connectivity index (χ3v) is 1.61. The molecule has 1 rings (SSSR count). The summed E-state index contributed by atoms with van der Waals surface area (Å²) >= 11 is 1.59. The molecule has 1 aromatic heterocycles. The van der Waals surface area contributed by atoms with Crippen molar-refractivity contribution in [2.24, 2.45) is 0 Å². The van der Waals surface area contributed by atoms with Gasteiger partial charge in [-0.05, 0) is 6.26 Å². The Morgan fingerprint density at radius 3 is 3.20 bits per heavy atom. The van der Waals surface area contributed by atoms with Crippen LogP contribution in [0.2, 0.25) is 0 Å². The van der Waals surface area contributed by atoms with Crippen LogP contribution in [0.3, 0.4) is 0 Å². The van der Waals surface area contributed by atoms with E-state index >= 15 is 0 Å². The van der Waals surface area contributed by atoms with Gasteiger partial charge in [-0.15, -0.1) is 0 Å². The van der Waals surface area contributed by atoms with E-state index in [1.807, 2.05) is 6.26 Å². The van der Waals surface area contributed by atoms with E-state index in [9.17, 15) is 5.21 Å². The Morgan fingerprint density at radius 1 is 1.80 bits per heavy atom. The lowest BCUT2D eigenvalue weighted by Gasteiger charge is -2.01. The highest BCUT2D eigenvalue weighted by atomic mass is 32.2. The molecule has 0 atom stereocenters. The molecular weight excluding hydrogens is 148 g/mol. The lowest BCUT2D eigenvalue weighted by molar-refractivity contribution is -0.616. The summed E-state index contributed by atoms with van der Waals surface area (Å²) in [6, 6.07) is 1.62. The van der Waals surface area contributed by atoms with Gasteiger partial charge in [0.25, 0.3) is 0 Å². The summed E-state index contributed by atoms with van der Waals surface area (Å²) in [5.41, 5.74) is 0. The molecule has 1 heterocycles. The van der Waals surface area contributed by atoms with E-state index in [4.69, 9.17) is 0 Å². The van der Waals surface area contributed by atoms with Gasteiger partial charge in [-0.3, -0.25) is 0 Å². The van der Waals surface area contributed by atoms with Gasteiger partial charge in [0.2, 0.25) is 0 Å². The second-order valence-corrected chi connectivity index (χ2v) is 2.66. The fourth-order valence-electron chi connectivity index (χ4n) is 0.619. The number of aromatic nitrogens is 2. The van der Waals surface area contributed by atoms with E-state index in [1.165, 1.54) is 6.20 Å². The maximum absolute atomic E-state index is 10.8. The lowest BCUT2D eigenvalue weighted by Crippen LogP contribution is -2.31. The van der Waals surface area contributed by atoms with Crippen LogP contribution in [0.15, 0.2) is 18.5 Å². The molecule has 0 bridgehead atoms. The van der Waals surface area contributed by atoms with Crippen LogP contribution >= 0.6 is 11.8 Å². The maximum Gasteiger partial charge on any atom is 0.311 e. The first-order chi connectivity index (χ1) is 4.84. The zero-order valence-corrected chi connectivity index (χ0v) is 6.47. The van der Waals surface area contributed by atoms with Crippen molar-refractivity contribution in [3.8, 4) is 0 Å². The van der Waals surface area contributed by atoms with Crippen LogP contribution < -0.4 is 4.73 Å². The van der Waals surface area contributed by atoms with Crippen molar-refractivity contribution in [1.29, 1.82) is 0 Å². The fourth-order valence-corrected chi connectivity index (χ4v) is 1.08. The summed E-state index contributed by atoms with van der Waals surface area (Å²) in [4.78, 5) is 3.90. The van der Waals surface area contributed by atoms with E-state index in [2.05, 4.69) is 4.98 Å². The lowest BCUT2D eigenvalue weighted by atomic mass is 10.6. The maximum atomic E-state index is 10.8. The Bertz CT molecular complexity index is 217. The Balaban J connectivity index is 2.81. The molecule has 0 aliphatic heterocycles. The molecule has 0 aliphatic carbocycles. The standard InChI is InChI=1S/C6H8N2OS/c1-10-5-6-7-3-2-4-8(6)9/h2-4H,5H2,1H3. The minimum Gasteiger partial charge on any atom is -0.711 e. The van der Waals surface area contributed by atoms with Gasteiger partial charge in [0, 0.05) is 6.07 Å². The molecule has 3 nitrogen and oxygen atoms in total. The monoisotopic (exact) mass is 156 g/mol. The Hall–Kier alpha value is -0.770. The zero-order chi connectivity index (χ0) is 7.40. The largest absolute Gasteiger partial charge is 0.711 e. The summed E-state index contributed by atoms with van der Waals surface area (Å²) in [6.07, 6.45) is 5.02. The molecule has 0 fully saturated rings. The second kappa shape index (κ2) is 3.41. The summed E-state index contributed by atoms with van der Waals surface area (Å²) in [6.45, 7) is 0. The van der Waals surface area contributed by atoms with Crippen LogP contribution in [0.1, 0.15) is 5.82 Å². The third-order valence-electron chi connectivity index (χ3n) is 1.06. The number of thioether (sulfide) groups is 1. The molecule has 0 amide bonds. The van der Waals surface area contributed by atoms with Gasteiger partial charge in [-0.2, -0.15) is 11.8 Å². The van der Waals surface area contributed by atoms with Crippen molar-refractivity contribution in [1.82, 2.24) is 4.98 Å². The van der Waals surface area contributed by atoms with Crippen LogP contribution in [-0.4, -0.2) is 11.2 Å². The van der Waals surface area contributed by atoms with E-state index < -0.39 is 0 Å². The number of rotatable bonds is 2. The highest BCUT2D eigenvalue weighted by Crippen LogP contribution is 1.99. The van der Waals surface area contributed by atoms with Gasteiger partial charge in [0.15, 0.2) is 0 Å². The summed E-state index contributed by atoms with van der Waals surface area (Å²) < 4.78 is 0.788. The molecule has 0 spiro atoms. The highest BCUT2D eigenvalue weighted by Gasteiger charge is 2.02. The average Bonchev–Trinajstić information content (AvgIpc) is 1.94. The van der Waals surface area contributed by atoms with Gasteiger partial charge in [-0.1, -0.05) is 4.98 Å². The Labute approximate surface area is 63.7 Å². The molecule has 54 valence electrons. The topological polar surface area (TPSA) is 39.8 Å². The second-order valence-electron chi connectivity index (χ2n) is 1.79. The summed E-state index contributed by atoms with van der Waals surface area (Å²) in [5, 5.41) is 10.8. The first-order valence-electron chi connectivity index (χ1n) is 2.86. The van der Waals surface area contributed by atoms with Crippen LogP contribution in [0.5, 0.6) is 0 Å². The first kappa shape index (κ1) is 7.34. The normalized spacial score (nSPS) is 9.70. The molecule has 1 aromatic rings. The number of hydrogen-bond donors (Lipinski definition) is 0. The van der Waals surface area contributed by atoms with E-state index in [-0.39, 0.29) is 0 Å². The van der Waals surface area contributed by atoms with Gasteiger partial charge in [-0.25, -0.2) is 4.73 Å². The predicted octanol–water partition coefficient (Wildman–Crippen LogP) is 0.578. The van der Waals surface area contributed by atoms with Crippen molar-refractivity contribution in [3.63, 3.8) is 0 Å². The molecule has 0 unspecified atom stereocenters. The van der Waals surface area contributed by atoms with E-state index in [0.717, 1.165) is 4.73 Å². The average molecular weight is 156 g/mol. The van der Waals surface area contributed by atoms with Gasteiger partial charge < -0.3 is 5.21 Å². The summed E-state index contributed by atoms with van der Waals surface area (Å²) in [5.74, 6) is 1.24.